The van der Waals surface area contributed by atoms with E-state index in [9.17, 15) is 19.2 Å². The van der Waals surface area contributed by atoms with Gasteiger partial charge in [0.1, 0.15) is 18.9 Å². The van der Waals surface area contributed by atoms with E-state index in [0.717, 1.165) is 22.2 Å². The molecule has 38 heavy (non-hydrogen) atoms. The highest BCUT2D eigenvalue weighted by atomic mass is 32.2. The lowest BCUT2D eigenvalue weighted by molar-refractivity contribution is -0.127. The van der Waals surface area contributed by atoms with Gasteiger partial charge >= 0.3 is 5.97 Å². The van der Waals surface area contributed by atoms with Crippen molar-refractivity contribution in [3.05, 3.63) is 82.1 Å². The summed E-state index contributed by atoms with van der Waals surface area (Å²) in [5.41, 5.74) is 2.20. The van der Waals surface area contributed by atoms with Crippen molar-refractivity contribution in [2.24, 2.45) is 0 Å². The van der Waals surface area contributed by atoms with Gasteiger partial charge in [-0.15, -0.1) is 0 Å². The van der Waals surface area contributed by atoms with Gasteiger partial charge in [0.05, 0.1) is 11.5 Å². The molecule has 3 amide bonds. The Bertz CT molecular complexity index is 1410. The van der Waals surface area contributed by atoms with Crippen molar-refractivity contribution >= 4 is 46.5 Å². The second kappa shape index (κ2) is 11.7. The van der Waals surface area contributed by atoms with Crippen LogP contribution in [0.25, 0.3) is 6.08 Å². The Kier molecular flexibility index (Phi) is 8.17. The average molecular weight is 537 g/mol. The molecule has 1 aromatic heterocycles. The summed E-state index contributed by atoms with van der Waals surface area (Å²) in [6.07, 6.45) is 1.54. The molecule has 4 rings (SSSR count). The lowest BCUT2D eigenvalue weighted by Gasteiger charge is -2.13. The van der Waals surface area contributed by atoms with Gasteiger partial charge in [-0.1, -0.05) is 23.8 Å². The van der Waals surface area contributed by atoms with Crippen molar-refractivity contribution in [2.45, 2.75) is 20.5 Å². The minimum Gasteiger partial charge on any atom is -0.490 e. The number of hydrogen-bond donors (Lipinski definition) is 2. The highest BCUT2D eigenvalue weighted by molar-refractivity contribution is 8.18. The third-order valence-corrected chi connectivity index (χ3v) is 6.23. The normalized spacial score (nSPS) is 14.2. The number of aryl methyl sites for hydroxylation is 1. The molecule has 0 spiro atoms. The number of imide groups is 1. The average Bonchev–Trinajstić information content (AvgIpc) is 3.46. The van der Waals surface area contributed by atoms with Gasteiger partial charge in [-0.2, -0.15) is 0 Å². The molecule has 2 aromatic carbocycles. The summed E-state index contributed by atoms with van der Waals surface area (Å²) in [7, 11) is 0. The fraction of sp³-hybridized carbons (Fsp3) is 0.185. The van der Waals surface area contributed by atoms with Crippen molar-refractivity contribution in [3.63, 3.8) is 0 Å². The lowest BCUT2D eigenvalue weighted by Crippen LogP contribution is -2.36. The van der Waals surface area contributed by atoms with Gasteiger partial charge in [0, 0.05) is 5.69 Å². The summed E-state index contributed by atoms with van der Waals surface area (Å²) in [4.78, 5) is 49.8. The Morgan fingerprint density at radius 2 is 1.82 bits per heavy atom. The van der Waals surface area contributed by atoms with Crippen LogP contribution in [0, 0.1) is 6.92 Å². The van der Waals surface area contributed by atoms with Crippen LogP contribution in [0.15, 0.2) is 63.9 Å². The maximum Gasteiger partial charge on any atom is 0.371 e. The zero-order valence-electron chi connectivity index (χ0n) is 20.6. The number of anilines is 1. The highest BCUT2D eigenvalue weighted by Crippen LogP contribution is 2.35. The number of carboxylic acids is 1. The van der Waals surface area contributed by atoms with E-state index in [1.54, 1.807) is 43.3 Å². The monoisotopic (exact) mass is 536 g/mol. The predicted molar refractivity (Wildman–Crippen MR) is 140 cm³/mol. The summed E-state index contributed by atoms with van der Waals surface area (Å²) >= 11 is 0.749. The van der Waals surface area contributed by atoms with Crippen LogP contribution >= 0.6 is 11.8 Å². The number of nitrogens with one attached hydrogen (secondary N) is 1. The van der Waals surface area contributed by atoms with Crippen molar-refractivity contribution in [1.29, 1.82) is 0 Å². The fourth-order valence-electron chi connectivity index (χ4n) is 3.49. The highest BCUT2D eigenvalue weighted by Gasteiger charge is 2.36. The molecule has 0 aliphatic carbocycles. The minimum absolute atomic E-state index is 0.0176. The van der Waals surface area contributed by atoms with Crippen LogP contribution in [0.1, 0.15) is 34.4 Å². The van der Waals surface area contributed by atoms with Crippen molar-refractivity contribution < 1.29 is 38.2 Å². The van der Waals surface area contributed by atoms with Gasteiger partial charge in [0.15, 0.2) is 11.5 Å². The first kappa shape index (κ1) is 26.6. The fourth-order valence-corrected chi connectivity index (χ4v) is 4.33. The number of aromatic carboxylic acids is 1. The number of furan rings is 1. The second-order valence-electron chi connectivity index (χ2n) is 8.18. The van der Waals surface area contributed by atoms with Crippen LogP contribution in [-0.2, 0) is 16.2 Å². The predicted octanol–water partition coefficient (Wildman–Crippen LogP) is 4.94. The zero-order chi connectivity index (χ0) is 27.2. The second-order valence-corrected chi connectivity index (χ2v) is 9.17. The molecular weight excluding hydrogens is 512 g/mol. The minimum atomic E-state index is -1.17. The van der Waals surface area contributed by atoms with E-state index in [1.807, 2.05) is 19.1 Å². The summed E-state index contributed by atoms with van der Waals surface area (Å²) in [6.45, 7) is 3.65. The Morgan fingerprint density at radius 1 is 1.05 bits per heavy atom. The molecule has 11 heteroatoms. The quantitative estimate of drug-likeness (QED) is 0.345. The van der Waals surface area contributed by atoms with E-state index in [-0.39, 0.29) is 17.3 Å². The number of nitrogens with zero attached hydrogens (tertiary/aromatic N) is 1. The van der Waals surface area contributed by atoms with E-state index in [0.29, 0.717) is 35.1 Å². The topological polar surface area (TPSA) is 135 Å². The first-order valence-corrected chi connectivity index (χ1v) is 12.4. The maximum absolute atomic E-state index is 12.9. The number of benzene rings is 2. The number of hydrogen-bond acceptors (Lipinski definition) is 8. The molecule has 0 saturated carbocycles. The molecule has 0 unspecified atom stereocenters. The standard InChI is InChI=1S/C27H24N2O8S/c1-3-35-22-12-17(6-10-20(22)36-15-19-9-11-21(37-19)26(32)33)13-23-25(31)29(27(34)38-23)14-24(30)28-18-7-4-16(2)5-8-18/h4-13H,3,14-15H2,1-2H3,(H,28,30)(H,32,33). The van der Waals surface area contributed by atoms with E-state index >= 15 is 0 Å². The Labute approximate surface area is 222 Å². The maximum atomic E-state index is 12.9. The van der Waals surface area contributed by atoms with Gasteiger partial charge in [-0.05, 0) is 73.6 Å². The van der Waals surface area contributed by atoms with Gasteiger partial charge in [0.25, 0.3) is 11.1 Å². The van der Waals surface area contributed by atoms with Crippen molar-refractivity contribution in [2.75, 3.05) is 18.5 Å². The smallest absolute Gasteiger partial charge is 0.371 e. The van der Waals surface area contributed by atoms with E-state index in [1.165, 1.54) is 12.1 Å². The molecule has 10 nitrogen and oxygen atoms in total. The number of carbonyl (C=O) groups excluding carboxylic acids is 3. The molecule has 1 aliphatic heterocycles. The molecule has 3 aromatic rings. The van der Waals surface area contributed by atoms with Crippen LogP contribution in [0.4, 0.5) is 10.5 Å². The third-order valence-electron chi connectivity index (χ3n) is 5.32. The van der Waals surface area contributed by atoms with Crippen LogP contribution in [0.5, 0.6) is 11.5 Å². The number of thioether (sulfide) groups is 1. The number of ether oxygens (including phenoxy) is 2. The lowest BCUT2D eigenvalue weighted by atomic mass is 10.2. The molecule has 196 valence electrons. The van der Waals surface area contributed by atoms with Crippen molar-refractivity contribution in [3.8, 4) is 11.5 Å². The largest absolute Gasteiger partial charge is 0.490 e. The molecule has 0 bridgehead atoms. The molecular formula is C27H24N2O8S. The molecule has 1 aliphatic rings. The van der Waals surface area contributed by atoms with Crippen LogP contribution in [-0.4, -0.2) is 46.2 Å². The van der Waals surface area contributed by atoms with Gasteiger partial charge in [-0.25, -0.2) is 4.79 Å². The van der Waals surface area contributed by atoms with Gasteiger partial charge in [-0.3, -0.25) is 19.3 Å². The first-order chi connectivity index (χ1) is 18.2. The summed E-state index contributed by atoms with van der Waals surface area (Å²) in [5.74, 6) is -1.30. The number of carboxylic acid groups (broad SMARTS) is 1. The number of rotatable bonds is 10. The Morgan fingerprint density at radius 3 is 2.50 bits per heavy atom. The van der Waals surface area contributed by atoms with Gasteiger partial charge < -0.3 is 24.3 Å². The Balaban J connectivity index is 1.43. The number of amides is 3. The van der Waals surface area contributed by atoms with Crippen LogP contribution in [0.2, 0.25) is 0 Å². The number of carbonyl (C=O) groups is 4. The molecule has 2 N–H and O–H groups in total. The SMILES string of the molecule is CCOc1cc(C=C2SC(=O)N(CC(=O)Nc3ccc(C)cc3)C2=O)ccc1OCc1ccc(C(=O)O)o1. The molecule has 1 saturated heterocycles. The van der Waals surface area contributed by atoms with Gasteiger partial charge in [0.2, 0.25) is 11.7 Å². The molecule has 0 atom stereocenters. The van der Waals surface area contributed by atoms with E-state index < -0.39 is 29.6 Å². The molecule has 0 radical (unpaired) electrons. The summed E-state index contributed by atoms with van der Waals surface area (Å²) < 4.78 is 16.6. The molecule has 2 heterocycles. The third kappa shape index (κ3) is 6.43. The van der Waals surface area contributed by atoms with E-state index in [2.05, 4.69) is 5.32 Å². The summed E-state index contributed by atoms with van der Waals surface area (Å²) in [6, 6.07) is 15.0. The first-order valence-electron chi connectivity index (χ1n) is 11.6. The van der Waals surface area contributed by atoms with Crippen molar-refractivity contribution in [1.82, 2.24) is 4.90 Å². The van der Waals surface area contributed by atoms with Crippen LogP contribution in [0.3, 0.4) is 0 Å². The van der Waals surface area contributed by atoms with Crippen LogP contribution < -0.4 is 14.8 Å². The molecule has 1 fully saturated rings. The van der Waals surface area contributed by atoms with E-state index in [4.69, 9.17) is 19.0 Å². The zero-order valence-corrected chi connectivity index (χ0v) is 21.4. The Hall–Kier alpha value is -4.51. The summed E-state index contributed by atoms with van der Waals surface area (Å²) in [5, 5.41) is 11.1.